The molecule has 1 heterocycles. The summed E-state index contributed by atoms with van der Waals surface area (Å²) in [4.78, 5) is 21.2. The fourth-order valence-electron chi connectivity index (χ4n) is 4.16. The molecule has 1 saturated carbocycles. The minimum Gasteiger partial charge on any atom is -0.469 e. The van der Waals surface area contributed by atoms with Crippen LogP contribution in [0.4, 0.5) is 0 Å². The van der Waals surface area contributed by atoms with Crippen molar-refractivity contribution in [2.45, 2.75) is 31.6 Å². The summed E-state index contributed by atoms with van der Waals surface area (Å²) in [7, 11) is 1.46. The molecule has 27 heavy (non-hydrogen) atoms. The molecule has 0 aliphatic heterocycles. The molecule has 0 saturated heterocycles. The normalized spacial score (nSPS) is 19.8. The monoisotopic (exact) mass is 380 g/mol. The van der Waals surface area contributed by atoms with Crippen molar-refractivity contribution in [3.63, 3.8) is 0 Å². The van der Waals surface area contributed by atoms with Crippen LogP contribution in [0.15, 0.2) is 48.8 Å². The zero-order valence-electron chi connectivity index (χ0n) is 15.2. The number of rotatable bonds is 3. The maximum atomic E-state index is 12.1. The van der Waals surface area contributed by atoms with Crippen molar-refractivity contribution in [1.82, 2.24) is 9.97 Å². The van der Waals surface area contributed by atoms with Gasteiger partial charge in [-0.1, -0.05) is 42.3 Å². The molecule has 4 rings (SSSR count). The lowest BCUT2D eigenvalue weighted by Gasteiger charge is -2.28. The van der Waals surface area contributed by atoms with Crippen LogP contribution in [0.1, 0.15) is 37.3 Å². The quantitative estimate of drug-likeness (QED) is 0.571. The standard InChI is InChI=1S/C22H21ClN2O2/c1-27-22(26)16-7-2-6-15(11-16)21-20-18(14-5-3-8-17(23)12-14)9-4-10-19(20)24-13-25-21/h3-5,8-10,12-13,15-16H,2,6-7,11H2,1H3. The Labute approximate surface area is 163 Å². The molecular weight excluding hydrogens is 360 g/mol. The van der Waals surface area contributed by atoms with E-state index in [1.807, 2.05) is 30.3 Å². The lowest BCUT2D eigenvalue weighted by Crippen LogP contribution is -2.23. The third-order valence-corrected chi connectivity index (χ3v) is 5.66. The van der Waals surface area contributed by atoms with Gasteiger partial charge in [-0.05, 0) is 48.6 Å². The summed E-state index contributed by atoms with van der Waals surface area (Å²) in [5.74, 6) is 0.0407. The molecule has 2 unspecified atom stereocenters. The zero-order chi connectivity index (χ0) is 18.8. The average molecular weight is 381 g/mol. The van der Waals surface area contributed by atoms with E-state index >= 15 is 0 Å². The summed E-state index contributed by atoms with van der Waals surface area (Å²) in [6.07, 6.45) is 5.29. The number of aromatic nitrogens is 2. The van der Waals surface area contributed by atoms with Gasteiger partial charge in [-0.15, -0.1) is 0 Å². The Balaban J connectivity index is 1.83. The number of fused-ring (bicyclic) bond motifs is 1. The molecule has 0 bridgehead atoms. The van der Waals surface area contributed by atoms with E-state index in [1.54, 1.807) is 6.33 Å². The number of halogens is 1. The molecule has 0 radical (unpaired) electrons. The van der Waals surface area contributed by atoms with Gasteiger partial charge >= 0.3 is 5.97 Å². The largest absolute Gasteiger partial charge is 0.469 e. The Morgan fingerprint density at radius 2 is 2.00 bits per heavy atom. The van der Waals surface area contributed by atoms with Gasteiger partial charge in [0.05, 0.1) is 24.2 Å². The van der Waals surface area contributed by atoms with Crippen molar-refractivity contribution < 1.29 is 9.53 Å². The number of ether oxygens (including phenoxy) is 1. The second kappa shape index (κ2) is 7.65. The van der Waals surface area contributed by atoms with Gasteiger partial charge < -0.3 is 4.74 Å². The number of hydrogen-bond acceptors (Lipinski definition) is 4. The van der Waals surface area contributed by atoms with Crippen molar-refractivity contribution in [2.75, 3.05) is 7.11 Å². The molecule has 1 fully saturated rings. The Bertz CT molecular complexity index is 984. The Morgan fingerprint density at radius 1 is 1.15 bits per heavy atom. The molecule has 4 nitrogen and oxygen atoms in total. The summed E-state index contributed by atoms with van der Waals surface area (Å²) in [6, 6.07) is 13.9. The first-order chi connectivity index (χ1) is 13.2. The third-order valence-electron chi connectivity index (χ3n) is 5.42. The number of nitrogens with zero attached hydrogens (tertiary/aromatic N) is 2. The van der Waals surface area contributed by atoms with Crippen LogP contribution in [0.3, 0.4) is 0 Å². The van der Waals surface area contributed by atoms with E-state index in [1.165, 1.54) is 7.11 Å². The van der Waals surface area contributed by atoms with Crippen LogP contribution in [0.2, 0.25) is 5.02 Å². The zero-order valence-corrected chi connectivity index (χ0v) is 15.9. The number of benzene rings is 2. The first-order valence-corrected chi connectivity index (χ1v) is 9.62. The van der Waals surface area contributed by atoms with E-state index < -0.39 is 0 Å². The minimum absolute atomic E-state index is 0.0582. The maximum Gasteiger partial charge on any atom is 0.308 e. The van der Waals surface area contributed by atoms with Crippen LogP contribution in [0.5, 0.6) is 0 Å². The molecule has 2 atom stereocenters. The predicted octanol–water partition coefficient (Wildman–Crippen LogP) is 5.40. The van der Waals surface area contributed by atoms with Crippen molar-refractivity contribution in [3.05, 3.63) is 59.5 Å². The molecule has 1 aliphatic rings. The average Bonchev–Trinajstić information content (AvgIpc) is 2.72. The highest BCUT2D eigenvalue weighted by Gasteiger charge is 2.31. The first kappa shape index (κ1) is 17.9. The Morgan fingerprint density at radius 3 is 2.81 bits per heavy atom. The number of carbonyl (C=O) groups is 1. The van der Waals surface area contributed by atoms with Gasteiger partial charge in [0.2, 0.25) is 0 Å². The van der Waals surface area contributed by atoms with Gasteiger partial charge in [-0.2, -0.15) is 0 Å². The third kappa shape index (κ3) is 3.54. The number of hydrogen-bond donors (Lipinski definition) is 0. The lowest BCUT2D eigenvalue weighted by atomic mass is 9.78. The summed E-state index contributed by atoms with van der Waals surface area (Å²) in [5.41, 5.74) is 4.05. The van der Waals surface area contributed by atoms with Crippen LogP contribution in [-0.2, 0) is 9.53 Å². The summed E-state index contributed by atoms with van der Waals surface area (Å²) < 4.78 is 4.98. The van der Waals surface area contributed by atoms with E-state index in [9.17, 15) is 4.79 Å². The van der Waals surface area contributed by atoms with Gasteiger partial charge in [0.1, 0.15) is 6.33 Å². The predicted molar refractivity (Wildman–Crippen MR) is 107 cm³/mol. The fourth-order valence-corrected chi connectivity index (χ4v) is 4.35. The van der Waals surface area contributed by atoms with Gasteiger partial charge in [0.15, 0.2) is 0 Å². The van der Waals surface area contributed by atoms with Crippen molar-refractivity contribution in [2.24, 2.45) is 5.92 Å². The number of carbonyl (C=O) groups excluding carboxylic acids is 1. The molecule has 1 aromatic heterocycles. The van der Waals surface area contributed by atoms with E-state index in [-0.39, 0.29) is 17.8 Å². The van der Waals surface area contributed by atoms with Gasteiger partial charge in [-0.3, -0.25) is 4.79 Å². The van der Waals surface area contributed by atoms with Crippen LogP contribution in [0, 0.1) is 5.92 Å². The molecule has 1 aliphatic carbocycles. The second-order valence-electron chi connectivity index (χ2n) is 7.05. The van der Waals surface area contributed by atoms with Crippen molar-refractivity contribution in [1.29, 1.82) is 0 Å². The molecular formula is C22H21ClN2O2. The van der Waals surface area contributed by atoms with E-state index in [4.69, 9.17) is 16.3 Å². The minimum atomic E-state index is -0.117. The van der Waals surface area contributed by atoms with Gasteiger partial charge in [0, 0.05) is 16.3 Å². The van der Waals surface area contributed by atoms with Crippen molar-refractivity contribution in [3.8, 4) is 11.1 Å². The first-order valence-electron chi connectivity index (χ1n) is 9.24. The van der Waals surface area contributed by atoms with Gasteiger partial charge in [0.25, 0.3) is 0 Å². The fraction of sp³-hybridized carbons (Fsp3) is 0.318. The second-order valence-corrected chi connectivity index (χ2v) is 7.49. The van der Waals surface area contributed by atoms with E-state index in [0.717, 1.165) is 53.4 Å². The Kier molecular flexibility index (Phi) is 5.08. The van der Waals surface area contributed by atoms with Crippen LogP contribution in [-0.4, -0.2) is 23.0 Å². The molecule has 5 heteroatoms. The van der Waals surface area contributed by atoms with E-state index in [2.05, 4.69) is 22.1 Å². The summed E-state index contributed by atoms with van der Waals surface area (Å²) >= 11 is 6.22. The molecule has 2 aromatic carbocycles. The molecule has 138 valence electrons. The number of esters is 1. The van der Waals surface area contributed by atoms with Crippen LogP contribution < -0.4 is 0 Å². The topological polar surface area (TPSA) is 52.1 Å². The summed E-state index contributed by atoms with van der Waals surface area (Å²) in [5, 5.41) is 1.75. The molecule has 0 amide bonds. The highest BCUT2D eigenvalue weighted by molar-refractivity contribution is 6.30. The van der Waals surface area contributed by atoms with Crippen molar-refractivity contribution >= 4 is 28.5 Å². The van der Waals surface area contributed by atoms with E-state index in [0.29, 0.717) is 5.02 Å². The van der Waals surface area contributed by atoms with Gasteiger partial charge in [-0.25, -0.2) is 9.97 Å². The molecule has 3 aromatic rings. The Hall–Kier alpha value is -2.46. The molecule has 0 spiro atoms. The lowest BCUT2D eigenvalue weighted by molar-refractivity contribution is -0.146. The maximum absolute atomic E-state index is 12.1. The number of methoxy groups -OCH3 is 1. The summed E-state index contributed by atoms with van der Waals surface area (Å²) in [6.45, 7) is 0. The molecule has 0 N–H and O–H groups in total. The SMILES string of the molecule is COC(=O)C1CCCC(c2ncnc3cccc(-c4cccc(Cl)c4)c23)C1. The van der Waals surface area contributed by atoms with Crippen LogP contribution >= 0.6 is 11.6 Å². The smallest absolute Gasteiger partial charge is 0.308 e. The highest BCUT2D eigenvalue weighted by atomic mass is 35.5. The highest BCUT2D eigenvalue weighted by Crippen LogP contribution is 2.41. The van der Waals surface area contributed by atoms with Crippen LogP contribution in [0.25, 0.3) is 22.0 Å².